The summed E-state index contributed by atoms with van der Waals surface area (Å²) < 4.78 is 8.04. The molecule has 0 unspecified atom stereocenters. The molecule has 0 saturated heterocycles. The zero-order chi connectivity index (χ0) is 12.1. The molecule has 1 aromatic carbocycles. The van der Waals surface area contributed by atoms with Gasteiger partial charge in [0, 0.05) is 10.8 Å². The summed E-state index contributed by atoms with van der Waals surface area (Å²) in [6.07, 6.45) is 0. The Kier molecular flexibility index (Phi) is 1.83. The van der Waals surface area contributed by atoms with E-state index in [2.05, 4.69) is 52.0 Å². The normalized spacial score (nSPS) is 22.2. The molecule has 0 radical (unpaired) electrons. The van der Waals surface area contributed by atoms with Gasteiger partial charge in [0.2, 0.25) is 0 Å². The molecule has 1 aliphatic carbocycles. The Morgan fingerprint density at radius 2 is 1.40 bits per heavy atom. The van der Waals surface area contributed by atoms with Crippen molar-refractivity contribution >= 4 is 0 Å². The van der Waals surface area contributed by atoms with Crippen LogP contribution in [-0.2, 0) is 10.8 Å². The molecule has 15 heavy (non-hydrogen) atoms. The lowest BCUT2D eigenvalue weighted by molar-refractivity contribution is 0.548. The average Bonchev–Trinajstić information content (AvgIpc) is 2.31. The van der Waals surface area contributed by atoms with Crippen LogP contribution in [0.4, 0.5) is 0 Å². The molecule has 0 heteroatoms. The quantitative estimate of drug-likeness (QED) is 0.552. The SMILES string of the molecule is [2H]C(C)=C1C(C)(C)c2ccccc2C1(C)C. The van der Waals surface area contributed by atoms with Gasteiger partial charge in [0.05, 0.1) is 1.37 Å². The van der Waals surface area contributed by atoms with Gasteiger partial charge in [0.15, 0.2) is 0 Å². The van der Waals surface area contributed by atoms with Crippen LogP contribution in [0, 0.1) is 0 Å². The lowest BCUT2D eigenvalue weighted by Crippen LogP contribution is -2.23. The maximum Gasteiger partial charge on any atom is 0.0573 e. The molecule has 2 rings (SSSR count). The molecule has 0 saturated carbocycles. The number of hydrogen-bond acceptors (Lipinski definition) is 0. The van der Waals surface area contributed by atoms with Crippen LogP contribution >= 0.6 is 0 Å². The van der Waals surface area contributed by atoms with Crippen LogP contribution in [0.2, 0.25) is 0 Å². The van der Waals surface area contributed by atoms with Crippen molar-refractivity contribution in [3.63, 3.8) is 0 Å². The maximum absolute atomic E-state index is 8.04. The molecular weight excluding hydrogens is 180 g/mol. The van der Waals surface area contributed by atoms with E-state index in [1.807, 2.05) is 6.92 Å². The molecular formula is C15H20. The second-order valence-corrected chi connectivity index (χ2v) is 5.42. The molecule has 0 aliphatic heterocycles. The van der Waals surface area contributed by atoms with Gasteiger partial charge in [-0.15, -0.1) is 0 Å². The summed E-state index contributed by atoms with van der Waals surface area (Å²) in [6, 6.07) is 9.31. The van der Waals surface area contributed by atoms with Gasteiger partial charge in [-0.05, 0) is 18.1 Å². The maximum atomic E-state index is 8.04. The number of benzene rings is 1. The van der Waals surface area contributed by atoms with Crippen molar-refractivity contribution in [1.29, 1.82) is 0 Å². The Hall–Kier alpha value is -1.04. The van der Waals surface area contributed by atoms with Gasteiger partial charge < -0.3 is 0 Å². The summed E-state index contributed by atoms with van der Waals surface area (Å²) in [5.41, 5.74) is 3.99. The fourth-order valence-electron chi connectivity index (χ4n) is 3.25. The molecule has 0 N–H and O–H groups in total. The Bertz CT molecular complexity index is 423. The first-order chi connectivity index (χ1) is 7.29. The molecule has 1 aromatic rings. The van der Waals surface area contributed by atoms with E-state index in [4.69, 9.17) is 1.37 Å². The van der Waals surface area contributed by atoms with Gasteiger partial charge >= 0.3 is 0 Å². The minimum atomic E-state index is -0.00801. The van der Waals surface area contributed by atoms with E-state index in [0.29, 0.717) is 6.05 Å². The third-order valence-corrected chi connectivity index (χ3v) is 3.77. The molecule has 0 atom stereocenters. The molecule has 1 aliphatic rings. The van der Waals surface area contributed by atoms with Gasteiger partial charge in [0.25, 0.3) is 0 Å². The summed E-state index contributed by atoms with van der Waals surface area (Å²) in [7, 11) is 0. The van der Waals surface area contributed by atoms with E-state index in [-0.39, 0.29) is 10.8 Å². The average molecular weight is 201 g/mol. The van der Waals surface area contributed by atoms with Crippen LogP contribution in [-0.4, -0.2) is 0 Å². The van der Waals surface area contributed by atoms with Crippen LogP contribution < -0.4 is 0 Å². The monoisotopic (exact) mass is 201 g/mol. The summed E-state index contributed by atoms with van der Waals surface area (Å²) >= 11 is 0. The minimum absolute atomic E-state index is 0.00801. The highest BCUT2D eigenvalue weighted by Gasteiger charge is 2.45. The molecule has 0 bridgehead atoms. The Morgan fingerprint density at radius 3 is 1.73 bits per heavy atom. The molecule has 0 fully saturated rings. The third kappa shape index (κ3) is 1.20. The predicted octanol–water partition coefficient (Wildman–Crippen LogP) is 4.20. The summed E-state index contributed by atoms with van der Waals surface area (Å²) in [4.78, 5) is 0. The summed E-state index contributed by atoms with van der Waals surface area (Å²) in [6.45, 7) is 10.8. The fraction of sp³-hybridized carbons (Fsp3) is 0.467. The highest BCUT2D eigenvalue weighted by atomic mass is 14.5. The van der Waals surface area contributed by atoms with Crippen LogP contribution in [0.25, 0.3) is 0 Å². The van der Waals surface area contributed by atoms with Gasteiger partial charge in [-0.1, -0.05) is 63.6 Å². The van der Waals surface area contributed by atoms with Crippen LogP contribution in [0.15, 0.2) is 35.9 Å². The van der Waals surface area contributed by atoms with Gasteiger partial charge in [-0.3, -0.25) is 0 Å². The van der Waals surface area contributed by atoms with E-state index < -0.39 is 0 Å². The largest absolute Gasteiger partial charge is 0.0867 e. The van der Waals surface area contributed by atoms with Crippen molar-refractivity contribution in [3.8, 4) is 0 Å². The molecule has 0 amide bonds. The first-order valence-electron chi connectivity index (χ1n) is 6.08. The van der Waals surface area contributed by atoms with E-state index in [9.17, 15) is 0 Å². The summed E-state index contributed by atoms with van der Waals surface area (Å²) in [5.74, 6) is 0. The van der Waals surface area contributed by atoms with Gasteiger partial charge in [-0.25, -0.2) is 0 Å². The first kappa shape index (κ1) is 9.21. The Morgan fingerprint density at radius 1 is 1.00 bits per heavy atom. The zero-order valence-corrected chi connectivity index (χ0v) is 10.3. The van der Waals surface area contributed by atoms with Gasteiger partial charge in [0.1, 0.15) is 0 Å². The molecule has 0 spiro atoms. The lowest BCUT2D eigenvalue weighted by atomic mass is 9.75. The lowest BCUT2D eigenvalue weighted by Gasteiger charge is -2.28. The van der Waals surface area contributed by atoms with Crippen molar-refractivity contribution in [3.05, 3.63) is 47.0 Å². The topological polar surface area (TPSA) is 0 Å². The fourth-order valence-corrected chi connectivity index (χ4v) is 3.25. The standard InChI is InChI=1S/C15H20/c1-6-13-14(2,3)11-9-7-8-10-12(11)15(13,4)5/h6-10H,1-5H3/i6D. The first-order valence-corrected chi connectivity index (χ1v) is 5.58. The van der Waals surface area contributed by atoms with E-state index in [1.165, 1.54) is 16.7 Å². The summed E-state index contributed by atoms with van der Waals surface area (Å²) in [5, 5.41) is 0. The highest BCUT2D eigenvalue weighted by molar-refractivity contribution is 5.56. The Labute approximate surface area is 94.4 Å². The van der Waals surface area contributed by atoms with Crippen LogP contribution in [0.1, 0.15) is 47.1 Å². The van der Waals surface area contributed by atoms with E-state index in [1.54, 1.807) is 0 Å². The van der Waals surface area contributed by atoms with Crippen molar-refractivity contribution in [2.45, 2.75) is 45.4 Å². The van der Waals surface area contributed by atoms with Crippen molar-refractivity contribution in [2.24, 2.45) is 0 Å². The van der Waals surface area contributed by atoms with Crippen molar-refractivity contribution in [1.82, 2.24) is 0 Å². The Balaban J connectivity index is 2.82. The number of allylic oxidation sites excluding steroid dienone is 2. The minimum Gasteiger partial charge on any atom is -0.0867 e. The predicted molar refractivity (Wildman–Crippen MR) is 66.3 cm³/mol. The molecule has 0 aromatic heterocycles. The smallest absolute Gasteiger partial charge is 0.0573 e. The second kappa shape index (κ2) is 2.98. The zero-order valence-electron chi connectivity index (χ0n) is 11.3. The van der Waals surface area contributed by atoms with Crippen molar-refractivity contribution in [2.75, 3.05) is 0 Å². The third-order valence-electron chi connectivity index (χ3n) is 3.77. The molecule has 0 nitrogen and oxygen atoms in total. The van der Waals surface area contributed by atoms with E-state index >= 15 is 0 Å². The second-order valence-electron chi connectivity index (χ2n) is 5.42. The van der Waals surface area contributed by atoms with Crippen molar-refractivity contribution < 1.29 is 1.37 Å². The van der Waals surface area contributed by atoms with E-state index in [0.717, 1.165) is 0 Å². The molecule has 80 valence electrons. The number of hydrogen-bond donors (Lipinski definition) is 0. The van der Waals surface area contributed by atoms with Crippen LogP contribution in [0.5, 0.6) is 0 Å². The number of fused-ring (bicyclic) bond motifs is 1. The van der Waals surface area contributed by atoms with Crippen LogP contribution in [0.3, 0.4) is 0 Å². The number of rotatable bonds is 0. The molecule has 0 heterocycles. The van der Waals surface area contributed by atoms with Gasteiger partial charge in [-0.2, -0.15) is 0 Å². The highest BCUT2D eigenvalue weighted by Crippen LogP contribution is 2.52.